The van der Waals surface area contributed by atoms with Crippen LogP contribution >= 0.6 is 0 Å². The summed E-state index contributed by atoms with van der Waals surface area (Å²) in [7, 11) is 3.41. The van der Waals surface area contributed by atoms with Gasteiger partial charge in [-0.3, -0.25) is 4.79 Å². The van der Waals surface area contributed by atoms with Crippen LogP contribution in [0.3, 0.4) is 0 Å². The van der Waals surface area contributed by atoms with E-state index in [2.05, 4.69) is 34.6 Å². The normalized spacial score (nSPS) is 48.6. The van der Waals surface area contributed by atoms with Gasteiger partial charge in [-0.2, -0.15) is 0 Å². The fourth-order valence-electron chi connectivity index (χ4n) is 9.93. The van der Waals surface area contributed by atoms with Crippen LogP contribution in [0.1, 0.15) is 86.5 Å². The van der Waals surface area contributed by atoms with Crippen molar-refractivity contribution >= 4 is 5.78 Å². The molecule has 0 amide bonds. The van der Waals surface area contributed by atoms with E-state index in [-0.39, 0.29) is 39.8 Å². The van der Waals surface area contributed by atoms with Gasteiger partial charge >= 0.3 is 0 Å². The maximum Gasteiger partial charge on any atom is 0.146 e. The molecule has 190 valence electrons. The molecule has 0 N–H and O–H groups in total. The summed E-state index contributed by atoms with van der Waals surface area (Å²) in [6.07, 6.45) is 8.23. The molecule has 0 heterocycles. The number of fused-ring (bicyclic) bond motifs is 5. The van der Waals surface area contributed by atoms with Crippen molar-refractivity contribution in [1.29, 1.82) is 0 Å². The molecule has 4 aliphatic rings. The first-order valence-corrected chi connectivity index (χ1v) is 13.2. The summed E-state index contributed by atoms with van der Waals surface area (Å²) < 4.78 is 23.3. The topological polar surface area (TPSA) is 54.0 Å². The van der Waals surface area contributed by atoms with E-state index in [1.807, 2.05) is 0 Å². The molecule has 4 fully saturated rings. The zero-order valence-electron chi connectivity index (χ0n) is 22.4. The van der Waals surface area contributed by atoms with Gasteiger partial charge in [0, 0.05) is 26.1 Å². The van der Waals surface area contributed by atoms with Crippen molar-refractivity contribution in [1.82, 2.24) is 0 Å². The Hall–Kier alpha value is -0.490. The number of Topliss-reactive ketones (excluding diaryl/α,β-unsaturated/α-hetero) is 1. The number of carbonyl (C=O) groups excluding carboxylic acids is 1. The smallest absolute Gasteiger partial charge is 0.146 e. The third-order valence-corrected chi connectivity index (χ3v) is 11.6. The van der Waals surface area contributed by atoms with Gasteiger partial charge < -0.3 is 18.9 Å². The van der Waals surface area contributed by atoms with Crippen LogP contribution in [-0.4, -0.2) is 45.8 Å². The molecule has 5 nitrogen and oxygen atoms in total. The molecule has 0 aliphatic heterocycles. The van der Waals surface area contributed by atoms with Gasteiger partial charge in [-0.25, -0.2) is 0 Å². The van der Waals surface area contributed by atoms with Crippen LogP contribution in [-0.2, 0) is 23.7 Å². The Bertz CT molecular complexity index is 736. The minimum Gasteiger partial charge on any atom is -0.359 e. The molecule has 9 atom stereocenters. The van der Waals surface area contributed by atoms with Crippen molar-refractivity contribution in [2.24, 2.45) is 45.3 Å². The van der Waals surface area contributed by atoms with Crippen LogP contribution in [0.25, 0.3) is 0 Å². The third-order valence-electron chi connectivity index (χ3n) is 11.6. The molecular formula is C28H48O5. The number of rotatable bonds is 7. The van der Waals surface area contributed by atoms with Crippen molar-refractivity contribution < 1.29 is 23.7 Å². The van der Waals surface area contributed by atoms with Gasteiger partial charge in [0.2, 0.25) is 0 Å². The second-order valence-electron chi connectivity index (χ2n) is 13.0. The van der Waals surface area contributed by atoms with E-state index in [1.165, 1.54) is 19.3 Å². The lowest BCUT2D eigenvalue weighted by atomic mass is 9.35. The lowest BCUT2D eigenvalue weighted by Crippen LogP contribution is -2.66. The first kappa shape index (κ1) is 25.6. The molecule has 0 bridgehead atoms. The number of methoxy groups -OCH3 is 2. The predicted molar refractivity (Wildman–Crippen MR) is 129 cm³/mol. The van der Waals surface area contributed by atoms with Gasteiger partial charge in [0.1, 0.15) is 19.4 Å². The van der Waals surface area contributed by atoms with Crippen molar-refractivity contribution in [2.45, 2.75) is 98.7 Å². The first-order chi connectivity index (χ1) is 15.5. The molecular weight excluding hydrogens is 416 g/mol. The Labute approximate surface area is 201 Å². The number of hydrogen-bond donors (Lipinski definition) is 0. The van der Waals surface area contributed by atoms with E-state index in [1.54, 1.807) is 21.1 Å². The highest BCUT2D eigenvalue weighted by Gasteiger charge is 2.71. The van der Waals surface area contributed by atoms with Gasteiger partial charge in [0.25, 0.3) is 0 Å². The largest absolute Gasteiger partial charge is 0.359 e. The van der Waals surface area contributed by atoms with E-state index in [9.17, 15) is 4.79 Å². The molecule has 0 aromatic heterocycles. The standard InChI is InChI=1S/C28H48O5/c1-18(29)19-9-13-28(6)24(19)20(32-16-30-7)15-22-26(4)12-11-23(33-17-31-8)25(2,3)21(26)10-14-27(22,28)5/h19-24H,9-17H2,1-8H3/t19-,20-,21+,22-,23+,24+,26+,27-,28-/m1/s1. The molecule has 0 aromatic carbocycles. The first-order valence-electron chi connectivity index (χ1n) is 13.2. The molecule has 4 aliphatic carbocycles. The average molecular weight is 465 g/mol. The van der Waals surface area contributed by atoms with Crippen LogP contribution in [0, 0.1) is 45.3 Å². The summed E-state index contributed by atoms with van der Waals surface area (Å²) in [4.78, 5) is 12.7. The maximum absolute atomic E-state index is 12.7. The minimum atomic E-state index is 0.0885. The third kappa shape index (κ3) is 3.67. The van der Waals surface area contributed by atoms with Gasteiger partial charge in [-0.15, -0.1) is 0 Å². The van der Waals surface area contributed by atoms with Crippen molar-refractivity contribution in [2.75, 3.05) is 27.8 Å². The highest BCUT2D eigenvalue weighted by molar-refractivity contribution is 5.79. The maximum atomic E-state index is 12.7. The molecule has 4 rings (SSSR count). The molecule has 5 heteroatoms. The Morgan fingerprint density at radius 3 is 2.09 bits per heavy atom. The van der Waals surface area contributed by atoms with Gasteiger partial charge in [0.05, 0.1) is 12.2 Å². The van der Waals surface area contributed by atoms with E-state index >= 15 is 0 Å². The van der Waals surface area contributed by atoms with Gasteiger partial charge in [-0.1, -0.05) is 34.6 Å². The average Bonchev–Trinajstić information content (AvgIpc) is 3.12. The predicted octanol–water partition coefficient (Wildman–Crippen LogP) is 5.85. The molecule has 4 saturated carbocycles. The van der Waals surface area contributed by atoms with Crippen LogP contribution in [0.4, 0.5) is 0 Å². The second kappa shape index (κ2) is 8.87. The van der Waals surface area contributed by atoms with Crippen LogP contribution in [0.5, 0.6) is 0 Å². The van der Waals surface area contributed by atoms with Crippen molar-refractivity contribution in [3.8, 4) is 0 Å². The molecule has 0 aromatic rings. The fraction of sp³-hybridized carbons (Fsp3) is 0.964. The van der Waals surface area contributed by atoms with Crippen LogP contribution in [0.2, 0.25) is 0 Å². The highest BCUT2D eigenvalue weighted by atomic mass is 16.7. The monoisotopic (exact) mass is 464 g/mol. The minimum absolute atomic E-state index is 0.0885. The number of hydrogen-bond acceptors (Lipinski definition) is 5. The Kier molecular flexibility index (Phi) is 6.88. The van der Waals surface area contributed by atoms with E-state index in [4.69, 9.17) is 18.9 Å². The summed E-state index contributed by atoms with van der Waals surface area (Å²) in [6.45, 7) is 15.0. The summed E-state index contributed by atoms with van der Waals surface area (Å²) in [5.41, 5.74) is 0.675. The number of ketones is 1. The van der Waals surface area contributed by atoms with Crippen molar-refractivity contribution in [3.05, 3.63) is 0 Å². The Morgan fingerprint density at radius 1 is 0.818 bits per heavy atom. The lowest BCUT2D eigenvalue weighted by molar-refractivity contribution is -0.262. The van der Waals surface area contributed by atoms with Gasteiger partial charge in [-0.05, 0) is 85.4 Å². The molecule has 0 unspecified atom stereocenters. The summed E-state index contributed by atoms with van der Waals surface area (Å²) in [5, 5.41) is 0. The summed E-state index contributed by atoms with van der Waals surface area (Å²) >= 11 is 0. The van der Waals surface area contributed by atoms with E-state index < -0.39 is 0 Å². The molecule has 0 saturated heterocycles. The Morgan fingerprint density at radius 2 is 1.45 bits per heavy atom. The van der Waals surface area contributed by atoms with Crippen LogP contribution in [0.15, 0.2) is 0 Å². The van der Waals surface area contributed by atoms with Crippen LogP contribution < -0.4 is 0 Å². The van der Waals surface area contributed by atoms with Gasteiger partial charge in [0.15, 0.2) is 0 Å². The molecule has 0 radical (unpaired) electrons. The molecule has 0 spiro atoms. The zero-order valence-corrected chi connectivity index (χ0v) is 22.4. The van der Waals surface area contributed by atoms with E-state index in [0.717, 1.165) is 25.7 Å². The van der Waals surface area contributed by atoms with Crippen molar-refractivity contribution in [3.63, 3.8) is 0 Å². The summed E-state index contributed by atoms with van der Waals surface area (Å²) in [6, 6.07) is 0. The highest BCUT2D eigenvalue weighted by Crippen LogP contribution is 2.75. The number of ether oxygens (including phenoxy) is 4. The number of carbonyl (C=O) groups is 1. The Balaban J connectivity index is 1.72. The van der Waals surface area contributed by atoms with E-state index in [0.29, 0.717) is 37.1 Å². The second-order valence-corrected chi connectivity index (χ2v) is 13.0. The zero-order chi connectivity index (χ0) is 24.2. The quantitative estimate of drug-likeness (QED) is 0.443. The fourth-order valence-corrected chi connectivity index (χ4v) is 9.93. The SMILES string of the molecule is COCO[C@H]1CC[C@]2(C)[C@H]3C[C@@H](OCOC)[C@@H]4[C@@H](C(C)=O)CC[C@@]4(C)[C@]3(C)CC[C@H]2C1(C)C. The summed E-state index contributed by atoms with van der Waals surface area (Å²) in [5.74, 6) is 1.93. The molecule has 33 heavy (non-hydrogen) atoms. The lowest BCUT2D eigenvalue weighted by Gasteiger charge is -2.70.